The summed E-state index contributed by atoms with van der Waals surface area (Å²) in [6.45, 7) is 1.80. The fourth-order valence-corrected chi connectivity index (χ4v) is 3.40. The van der Waals surface area contributed by atoms with Crippen LogP contribution < -0.4 is 5.32 Å². The number of hydrogen-bond acceptors (Lipinski definition) is 3. The average Bonchev–Trinajstić information content (AvgIpc) is 3.28. The number of likely N-dealkylation sites (tertiary alicyclic amines) is 1. The van der Waals surface area contributed by atoms with E-state index in [1.807, 2.05) is 30.3 Å². The second-order valence-corrected chi connectivity index (χ2v) is 7.03. The van der Waals surface area contributed by atoms with E-state index in [0.717, 1.165) is 18.4 Å². The number of carbonyl (C=O) groups is 1. The van der Waals surface area contributed by atoms with Crippen LogP contribution in [0, 0.1) is 5.82 Å². The molecule has 1 aromatic heterocycles. The molecule has 0 saturated carbocycles. The third-order valence-corrected chi connectivity index (χ3v) is 5.01. The van der Waals surface area contributed by atoms with E-state index < -0.39 is 5.82 Å². The molecule has 2 amide bonds. The third-order valence-electron chi connectivity index (χ3n) is 5.01. The van der Waals surface area contributed by atoms with E-state index in [0.29, 0.717) is 31.1 Å². The van der Waals surface area contributed by atoms with Crippen LogP contribution in [0.15, 0.2) is 67.0 Å². The lowest BCUT2D eigenvalue weighted by Crippen LogP contribution is -2.43. The van der Waals surface area contributed by atoms with Crippen molar-refractivity contribution in [2.24, 2.45) is 0 Å². The monoisotopic (exact) mass is 394 g/mol. The van der Waals surface area contributed by atoms with Gasteiger partial charge >= 0.3 is 6.03 Å². The molecule has 1 aliphatic rings. The predicted molar refractivity (Wildman–Crippen MR) is 108 cm³/mol. The van der Waals surface area contributed by atoms with Gasteiger partial charge < -0.3 is 15.0 Å². The van der Waals surface area contributed by atoms with Crippen molar-refractivity contribution in [2.75, 3.05) is 18.4 Å². The fraction of sp³-hybridized carbons (Fsp3) is 0.273. The molecule has 0 aliphatic carbocycles. The predicted octanol–water partition coefficient (Wildman–Crippen LogP) is 4.22. The summed E-state index contributed by atoms with van der Waals surface area (Å²) in [6.07, 6.45) is 4.97. The van der Waals surface area contributed by atoms with Crippen LogP contribution in [-0.4, -0.2) is 39.9 Å². The molecule has 4 rings (SSSR count). The Kier molecular flexibility index (Phi) is 5.86. The SMILES string of the molecule is O=C(Nc1ccc(-n2cccn2)c(F)c1)N1CCC(OCc2ccccc2)CC1. The number of amides is 2. The molecular formula is C22H23FN4O2. The van der Waals surface area contributed by atoms with Crippen molar-refractivity contribution < 1.29 is 13.9 Å². The molecule has 0 atom stereocenters. The van der Waals surface area contributed by atoms with E-state index in [2.05, 4.69) is 10.4 Å². The number of nitrogens with zero attached hydrogens (tertiary/aromatic N) is 3. The molecule has 2 aromatic carbocycles. The van der Waals surface area contributed by atoms with Crippen LogP contribution in [0.4, 0.5) is 14.9 Å². The van der Waals surface area contributed by atoms with E-state index in [-0.39, 0.29) is 12.1 Å². The van der Waals surface area contributed by atoms with E-state index in [1.54, 1.807) is 35.5 Å². The number of ether oxygens (including phenoxy) is 1. The maximum atomic E-state index is 14.3. The van der Waals surface area contributed by atoms with E-state index >= 15 is 0 Å². The molecular weight excluding hydrogens is 371 g/mol. The Morgan fingerprint density at radius 2 is 1.93 bits per heavy atom. The van der Waals surface area contributed by atoms with Crippen LogP contribution in [0.1, 0.15) is 18.4 Å². The highest BCUT2D eigenvalue weighted by Crippen LogP contribution is 2.20. The van der Waals surface area contributed by atoms with Gasteiger partial charge in [-0.2, -0.15) is 5.10 Å². The molecule has 0 radical (unpaired) electrons. The summed E-state index contributed by atoms with van der Waals surface area (Å²) < 4.78 is 21.7. The van der Waals surface area contributed by atoms with Gasteiger partial charge in [0.05, 0.1) is 12.7 Å². The molecule has 1 fully saturated rings. The highest BCUT2D eigenvalue weighted by molar-refractivity contribution is 5.89. The van der Waals surface area contributed by atoms with E-state index in [4.69, 9.17) is 4.74 Å². The Morgan fingerprint density at radius 1 is 1.14 bits per heavy atom. The van der Waals surface area contributed by atoms with Gasteiger partial charge in [0.15, 0.2) is 5.82 Å². The number of carbonyl (C=O) groups excluding carboxylic acids is 1. The van der Waals surface area contributed by atoms with Crippen molar-refractivity contribution in [1.82, 2.24) is 14.7 Å². The Balaban J connectivity index is 1.27. The second-order valence-electron chi connectivity index (χ2n) is 7.03. The van der Waals surface area contributed by atoms with E-state index in [1.165, 1.54) is 10.7 Å². The Labute approximate surface area is 168 Å². The minimum atomic E-state index is -0.445. The van der Waals surface area contributed by atoms with Crippen LogP contribution in [0.25, 0.3) is 5.69 Å². The zero-order valence-corrected chi connectivity index (χ0v) is 16.0. The van der Waals surface area contributed by atoms with Gasteiger partial charge in [-0.3, -0.25) is 0 Å². The number of piperidine rings is 1. The maximum absolute atomic E-state index is 14.3. The van der Waals surface area contributed by atoms with Crippen molar-refractivity contribution in [3.8, 4) is 5.69 Å². The maximum Gasteiger partial charge on any atom is 0.321 e. The zero-order chi connectivity index (χ0) is 20.1. The van der Waals surface area contributed by atoms with Gasteiger partial charge in [-0.05, 0) is 42.7 Å². The Bertz CT molecular complexity index is 939. The van der Waals surface area contributed by atoms with E-state index in [9.17, 15) is 9.18 Å². The van der Waals surface area contributed by atoms with Gasteiger partial charge in [-0.15, -0.1) is 0 Å². The topological polar surface area (TPSA) is 59.4 Å². The number of benzene rings is 2. The van der Waals surface area contributed by atoms with Gasteiger partial charge in [0.1, 0.15) is 5.69 Å². The van der Waals surface area contributed by atoms with Crippen LogP contribution in [0.3, 0.4) is 0 Å². The van der Waals surface area contributed by atoms with Crippen molar-refractivity contribution in [3.05, 3.63) is 78.4 Å². The fourth-order valence-electron chi connectivity index (χ4n) is 3.40. The lowest BCUT2D eigenvalue weighted by atomic mass is 10.1. The molecule has 29 heavy (non-hydrogen) atoms. The summed E-state index contributed by atoms with van der Waals surface area (Å²) in [4.78, 5) is 14.3. The molecule has 0 unspecified atom stereocenters. The summed E-state index contributed by atoms with van der Waals surface area (Å²) in [7, 11) is 0. The summed E-state index contributed by atoms with van der Waals surface area (Å²) in [5, 5.41) is 6.80. The molecule has 0 spiro atoms. The smallest absolute Gasteiger partial charge is 0.321 e. The van der Waals surface area contributed by atoms with Crippen LogP contribution >= 0.6 is 0 Å². The molecule has 150 valence electrons. The summed E-state index contributed by atoms with van der Waals surface area (Å²) in [5.74, 6) is -0.445. The van der Waals surface area contributed by atoms with Gasteiger partial charge in [-0.1, -0.05) is 30.3 Å². The van der Waals surface area contributed by atoms with Crippen molar-refractivity contribution in [2.45, 2.75) is 25.6 Å². The molecule has 2 heterocycles. The lowest BCUT2D eigenvalue weighted by Gasteiger charge is -2.32. The molecule has 0 bridgehead atoms. The normalized spacial score (nSPS) is 14.7. The second kappa shape index (κ2) is 8.87. The Hall–Kier alpha value is -3.19. The van der Waals surface area contributed by atoms with Crippen molar-refractivity contribution in [1.29, 1.82) is 0 Å². The standard InChI is InChI=1S/C22H23FN4O2/c23-20-15-18(7-8-21(20)27-12-4-11-24-27)25-22(28)26-13-9-19(10-14-26)29-16-17-5-2-1-3-6-17/h1-8,11-12,15,19H,9-10,13-14,16H2,(H,25,28). The summed E-state index contributed by atoms with van der Waals surface area (Å²) >= 11 is 0. The number of nitrogens with one attached hydrogen (secondary N) is 1. The minimum Gasteiger partial charge on any atom is -0.373 e. The number of anilines is 1. The first-order valence-corrected chi connectivity index (χ1v) is 9.70. The largest absolute Gasteiger partial charge is 0.373 e. The highest BCUT2D eigenvalue weighted by Gasteiger charge is 2.23. The van der Waals surface area contributed by atoms with Gasteiger partial charge in [0, 0.05) is 31.2 Å². The van der Waals surface area contributed by atoms with Crippen molar-refractivity contribution >= 4 is 11.7 Å². The Morgan fingerprint density at radius 3 is 2.62 bits per heavy atom. The first kappa shape index (κ1) is 19.1. The summed E-state index contributed by atoms with van der Waals surface area (Å²) in [6, 6.07) is 16.1. The van der Waals surface area contributed by atoms with Crippen LogP contribution in [0.5, 0.6) is 0 Å². The lowest BCUT2D eigenvalue weighted by molar-refractivity contribution is 0.00540. The average molecular weight is 394 g/mol. The molecule has 7 heteroatoms. The number of urea groups is 1. The van der Waals surface area contributed by atoms with Gasteiger partial charge in [0.2, 0.25) is 0 Å². The van der Waals surface area contributed by atoms with Gasteiger partial charge in [0.25, 0.3) is 0 Å². The van der Waals surface area contributed by atoms with Crippen molar-refractivity contribution in [3.63, 3.8) is 0 Å². The zero-order valence-electron chi connectivity index (χ0n) is 16.0. The minimum absolute atomic E-state index is 0.144. The molecule has 1 saturated heterocycles. The quantitative estimate of drug-likeness (QED) is 0.705. The van der Waals surface area contributed by atoms with Crippen LogP contribution in [-0.2, 0) is 11.3 Å². The first-order valence-electron chi connectivity index (χ1n) is 9.70. The number of hydrogen-bond donors (Lipinski definition) is 1. The molecule has 3 aromatic rings. The number of aromatic nitrogens is 2. The first-order chi connectivity index (χ1) is 14.2. The van der Waals surface area contributed by atoms with Gasteiger partial charge in [-0.25, -0.2) is 13.9 Å². The molecule has 1 aliphatic heterocycles. The third kappa shape index (κ3) is 4.81. The summed E-state index contributed by atoms with van der Waals surface area (Å²) in [5.41, 5.74) is 1.91. The number of rotatable bonds is 5. The highest BCUT2D eigenvalue weighted by atomic mass is 19.1. The molecule has 1 N–H and O–H groups in total. The van der Waals surface area contributed by atoms with Crippen LogP contribution in [0.2, 0.25) is 0 Å². The number of halogens is 1. The molecule has 6 nitrogen and oxygen atoms in total.